The number of unbranched alkanes of at least 4 members (excludes halogenated alkanes) is 4. The van der Waals surface area contributed by atoms with E-state index >= 15 is 0 Å². The van der Waals surface area contributed by atoms with Crippen LogP contribution >= 0.6 is 12.4 Å². The number of hydrogen-bond donors (Lipinski definition) is 3. The van der Waals surface area contributed by atoms with Crippen molar-refractivity contribution in [3.8, 4) is 5.75 Å². The van der Waals surface area contributed by atoms with E-state index in [2.05, 4.69) is 48.1 Å². The van der Waals surface area contributed by atoms with Crippen molar-refractivity contribution in [3.05, 3.63) is 93.9 Å². The van der Waals surface area contributed by atoms with E-state index in [0.29, 0.717) is 0 Å². The minimum Gasteiger partial charge on any atom is -0.508 e. The van der Waals surface area contributed by atoms with E-state index in [1.54, 1.807) is 19.2 Å². The first-order chi connectivity index (χ1) is 16.6. The number of phenols is 1. The number of rotatable bonds is 11. The highest BCUT2D eigenvalue weighted by Gasteiger charge is 2.18. The molecule has 3 aromatic rings. The lowest BCUT2D eigenvalue weighted by atomic mass is 10.1. The maximum Gasteiger partial charge on any atom is 0.146 e. The fourth-order valence-electron chi connectivity index (χ4n) is 4.38. The molecule has 3 heterocycles. The van der Waals surface area contributed by atoms with Crippen molar-refractivity contribution < 1.29 is 9.84 Å². The highest BCUT2D eigenvalue weighted by atomic mass is 35.5. The average Bonchev–Trinajstić information content (AvgIpc) is 3.54. The minimum absolute atomic E-state index is 0. The maximum atomic E-state index is 9.48. The molecule has 1 aliphatic rings. The van der Waals surface area contributed by atoms with E-state index in [4.69, 9.17) is 9.73 Å². The lowest BCUT2D eigenvalue weighted by Crippen LogP contribution is -1.96. The van der Waals surface area contributed by atoms with E-state index in [0.717, 1.165) is 52.7 Å². The Labute approximate surface area is 214 Å². The van der Waals surface area contributed by atoms with Crippen molar-refractivity contribution in [2.75, 3.05) is 7.11 Å². The predicted molar refractivity (Wildman–Crippen MR) is 147 cm³/mol. The molecule has 5 nitrogen and oxygen atoms in total. The molecule has 35 heavy (non-hydrogen) atoms. The fourth-order valence-corrected chi connectivity index (χ4v) is 4.38. The molecule has 0 saturated heterocycles. The summed E-state index contributed by atoms with van der Waals surface area (Å²) in [7, 11) is 1.69. The Hall–Kier alpha value is -3.18. The molecular formula is C29H36ClN3O2. The van der Waals surface area contributed by atoms with Crippen LogP contribution in [-0.2, 0) is 17.6 Å². The molecule has 6 heteroatoms. The van der Waals surface area contributed by atoms with Gasteiger partial charge in [0.15, 0.2) is 0 Å². The predicted octanol–water partition coefficient (Wildman–Crippen LogP) is 7.26. The first-order valence-electron chi connectivity index (χ1n) is 12.3. The molecule has 0 amide bonds. The molecule has 0 aliphatic carbocycles. The van der Waals surface area contributed by atoms with Crippen LogP contribution in [-0.4, -0.2) is 27.9 Å². The van der Waals surface area contributed by atoms with Crippen LogP contribution in [0, 0.1) is 6.92 Å². The Bertz CT molecular complexity index is 1200. The number of aromatic nitrogens is 2. The number of aryl methyl sites for hydroxylation is 2. The lowest BCUT2D eigenvalue weighted by molar-refractivity contribution is 0.303. The Morgan fingerprint density at radius 3 is 2.51 bits per heavy atom. The number of aromatic amines is 2. The zero-order valence-electron chi connectivity index (χ0n) is 20.9. The first kappa shape index (κ1) is 26.4. The fraction of sp³-hybridized carbons (Fsp3) is 0.345. The summed E-state index contributed by atoms with van der Waals surface area (Å²) in [6.07, 6.45) is 12.4. The van der Waals surface area contributed by atoms with Gasteiger partial charge >= 0.3 is 0 Å². The third-order valence-electron chi connectivity index (χ3n) is 6.32. The Morgan fingerprint density at radius 1 is 1.00 bits per heavy atom. The number of ether oxygens (including phenoxy) is 1. The number of halogens is 1. The third kappa shape index (κ3) is 6.92. The molecule has 0 spiro atoms. The van der Waals surface area contributed by atoms with Gasteiger partial charge in [-0.25, -0.2) is 4.99 Å². The van der Waals surface area contributed by atoms with Crippen LogP contribution in [0.2, 0.25) is 0 Å². The van der Waals surface area contributed by atoms with E-state index in [1.807, 2.05) is 18.2 Å². The van der Waals surface area contributed by atoms with Crippen LogP contribution in [0.25, 0.3) is 6.08 Å². The second kappa shape index (κ2) is 12.5. The van der Waals surface area contributed by atoms with Gasteiger partial charge in [-0.3, -0.25) is 0 Å². The summed E-state index contributed by atoms with van der Waals surface area (Å²) in [5, 5.41) is 9.48. The zero-order chi connectivity index (χ0) is 23.9. The van der Waals surface area contributed by atoms with Crippen molar-refractivity contribution >= 4 is 24.2 Å². The van der Waals surface area contributed by atoms with Gasteiger partial charge < -0.3 is 19.8 Å². The molecule has 0 unspecified atom stereocenters. The first-order valence-corrected chi connectivity index (χ1v) is 12.3. The number of methoxy groups -OCH3 is 1. The average molecular weight is 494 g/mol. The Morgan fingerprint density at radius 2 is 1.77 bits per heavy atom. The number of nitrogens with one attached hydrogen (secondary N) is 2. The molecule has 0 radical (unpaired) electrons. The number of aliphatic imine (C=N–C) groups is 1. The molecule has 3 N–H and O–H groups in total. The number of hydrogen-bond acceptors (Lipinski definition) is 3. The van der Waals surface area contributed by atoms with E-state index < -0.39 is 0 Å². The van der Waals surface area contributed by atoms with Crippen LogP contribution in [0.4, 0.5) is 0 Å². The maximum absolute atomic E-state index is 9.48. The standard InChI is InChI=1S/C29H35N3O2.ClH/c1-4-5-6-7-8-9-22-17-24(30-20(22)2)18-28-29(34-3)19-27(32-28)26-15-12-23(31-26)16-21-10-13-25(33)14-11-21;/h10-15,17-19,30-31,33H,4-9,16H2,1-3H3;1H/b28-18-;. The van der Waals surface area contributed by atoms with Gasteiger partial charge in [0.1, 0.15) is 17.2 Å². The van der Waals surface area contributed by atoms with Gasteiger partial charge in [0.2, 0.25) is 0 Å². The van der Waals surface area contributed by atoms with Crippen molar-refractivity contribution in [1.82, 2.24) is 9.97 Å². The van der Waals surface area contributed by atoms with Crippen molar-refractivity contribution in [2.24, 2.45) is 4.99 Å². The quantitative estimate of drug-likeness (QED) is 0.246. The molecule has 0 saturated carbocycles. The number of aromatic hydroxyl groups is 1. The summed E-state index contributed by atoms with van der Waals surface area (Å²) in [5.41, 5.74) is 8.55. The number of benzene rings is 1. The smallest absolute Gasteiger partial charge is 0.146 e. The second-order valence-corrected chi connectivity index (χ2v) is 9.02. The summed E-state index contributed by atoms with van der Waals surface area (Å²) in [4.78, 5) is 11.8. The zero-order valence-corrected chi connectivity index (χ0v) is 21.7. The Kier molecular flexibility index (Phi) is 9.44. The van der Waals surface area contributed by atoms with E-state index in [1.165, 1.54) is 43.4 Å². The van der Waals surface area contributed by atoms with Gasteiger partial charge in [0.25, 0.3) is 0 Å². The van der Waals surface area contributed by atoms with Gasteiger partial charge in [-0.1, -0.05) is 44.7 Å². The van der Waals surface area contributed by atoms with Gasteiger partial charge in [-0.2, -0.15) is 0 Å². The van der Waals surface area contributed by atoms with Crippen LogP contribution < -0.4 is 0 Å². The lowest BCUT2D eigenvalue weighted by Gasteiger charge is -2.00. The largest absolute Gasteiger partial charge is 0.508 e. The topological polar surface area (TPSA) is 73.4 Å². The van der Waals surface area contributed by atoms with Crippen molar-refractivity contribution in [1.29, 1.82) is 0 Å². The second-order valence-electron chi connectivity index (χ2n) is 9.02. The normalized spacial score (nSPS) is 14.1. The highest BCUT2D eigenvalue weighted by Crippen LogP contribution is 2.26. The van der Waals surface area contributed by atoms with Crippen LogP contribution in [0.3, 0.4) is 0 Å². The van der Waals surface area contributed by atoms with Crippen LogP contribution in [0.15, 0.2) is 65.0 Å². The van der Waals surface area contributed by atoms with Crippen molar-refractivity contribution in [2.45, 2.75) is 58.8 Å². The summed E-state index contributed by atoms with van der Waals surface area (Å²) in [6.45, 7) is 4.40. The molecule has 0 atom stereocenters. The monoisotopic (exact) mass is 493 g/mol. The highest BCUT2D eigenvalue weighted by molar-refractivity contribution is 6.11. The summed E-state index contributed by atoms with van der Waals surface area (Å²) in [5.74, 6) is 1.04. The van der Waals surface area contributed by atoms with E-state index in [-0.39, 0.29) is 18.2 Å². The molecule has 2 aromatic heterocycles. The number of allylic oxidation sites excluding steroid dienone is 1. The molecular weight excluding hydrogens is 458 g/mol. The SMILES string of the molecule is CCCCCCCc1cc(/C=C2\N=C(c3ccc(Cc4ccc(O)cc4)[nH]3)C=C2OC)[nH]c1C.Cl. The number of nitrogens with zero attached hydrogens (tertiary/aromatic N) is 1. The van der Waals surface area contributed by atoms with Crippen LogP contribution in [0.1, 0.15) is 72.9 Å². The van der Waals surface area contributed by atoms with Crippen molar-refractivity contribution in [3.63, 3.8) is 0 Å². The summed E-state index contributed by atoms with van der Waals surface area (Å²) in [6, 6.07) is 13.7. The van der Waals surface area contributed by atoms with Gasteiger partial charge in [0, 0.05) is 29.6 Å². The van der Waals surface area contributed by atoms with Gasteiger partial charge in [-0.05, 0) is 67.3 Å². The molecule has 1 aromatic carbocycles. The van der Waals surface area contributed by atoms with E-state index in [9.17, 15) is 5.11 Å². The van der Waals surface area contributed by atoms with Crippen LogP contribution in [0.5, 0.6) is 5.75 Å². The Balaban J connectivity index is 0.00000342. The summed E-state index contributed by atoms with van der Waals surface area (Å²) < 4.78 is 5.63. The number of H-pyrrole nitrogens is 2. The molecule has 186 valence electrons. The summed E-state index contributed by atoms with van der Waals surface area (Å²) >= 11 is 0. The minimum atomic E-state index is 0. The number of phenolic OH excluding ortho intramolecular Hbond substituents is 1. The molecule has 1 aliphatic heterocycles. The van der Waals surface area contributed by atoms with Gasteiger partial charge in [0.05, 0.1) is 18.5 Å². The third-order valence-corrected chi connectivity index (χ3v) is 6.32. The molecule has 4 rings (SSSR count). The molecule has 0 fully saturated rings. The van der Waals surface area contributed by atoms with Gasteiger partial charge in [-0.15, -0.1) is 12.4 Å². The molecule has 0 bridgehead atoms.